The lowest BCUT2D eigenvalue weighted by Crippen LogP contribution is -2.42. The van der Waals surface area contributed by atoms with Crippen LogP contribution in [-0.4, -0.2) is 75.6 Å². The van der Waals surface area contributed by atoms with Gasteiger partial charge in [-0.2, -0.15) is 5.26 Å². The molecule has 1 unspecified atom stereocenters. The van der Waals surface area contributed by atoms with Gasteiger partial charge >= 0.3 is 5.97 Å². The number of anilines is 1. The molecule has 2 aromatic rings. The molecule has 1 aromatic carbocycles. The van der Waals surface area contributed by atoms with E-state index in [1.807, 2.05) is 24.3 Å². The first-order valence-corrected chi connectivity index (χ1v) is 13.6. The van der Waals surface area contributed by atoms with Gasteiger partial charge in [0.1, 0.15) is 6.10 Å². The van der Waals surface area contributed by atoms with Gasteiger partial charge in [0.2, 0.25) is 0 Å². The van der Waals surface area contributed by atoms with E-state index < -0.39 is 0 Å². The molecule has 0 aliphatic carbocycles. The van der Waals surface area contributed by atoms with Crippen LogP contribution in [0.15, 0.2) is 30.3 Å². The summed E-state index contributed by atoms with van der Waals surface area (Å²) in [5, 5.41) is 20.3. The van der Waals surface area contributed by atoms with Crippen LogP contribution in [0.5, 0.6) is 11.5 Å². The Morgan fingerprint density at radius 2 is 1.92 bits per heavy atom. The second-order valence-electron chi connectivity index (χ2n) is 9.52. The largest absolute Gasteiger partial charge is 0.493 e. The summed E-state index contributed by atoms with van der Waals surface area (Å²) in [6, 6.07) is 11.9. The number of carbonyl (C=O) groups excluding carboxylic acids is 1. The van der Waals surface area contributed by atoms with Crippen LogP contribution in [-0.2, 0) is 9.53 Å². The number of benzene rings is 1. The van der Waals surface area contributed by atoms with Crippen molar-refractivity contribution in [3.63, 3.8) is 0 Å². The Kier molecular flexibility index (Phi) is 9.45. The number of methoxy groups -OCH3 is 2. The molecule has 0 radical (unpaired) electrons. The Morgan fingerprint density at radius 3 is 2.62 bits per heavy atom. The molecule has 3 heterocycles. The minimum Gasteiger partial charge on any atom is -0.493 e. The first kappa shape index (κ1) is 27.0. The monoisotopic (exact) mass is 525 g/mol. The van der Waals surface area contributed by atoms with Crippen molar-refractivity contribution in [2.24, 2.45) is 5.92 Å². The molecule has 4 rings (SSSR count). The predicted molar refractivity (Wildman–Crippen MR) is 145 cm³/mol. The highest BCUT2D eigenvalue weighted by Crippen LogP contribution is 2.34. The number of likely N-dealkylation sites (tertiary alicyclic amines) is 1. The molecule has 0 amide bonds. The standard InChI is InChI=1S/C28H35N3O5S/c1-34-25-7-5-21(15-26(25)35-2)22(16-29)14-24-6-8-27(37-24)31-12-9-23(10-13-31)36-28(33)18-30-11-3-4-20(17-30)19-32/h5-8,14-15,20,23,32H,3-4,9-13,17-19H2,1-2H3. The maximum atomic E-state index is 12.5. The van der Waals surface area contributed by atoms with E-state index in [2.05, 4.69) is 21.9 Å². The maximum absolute atomic E-state index is 12.5. The normalized spacial score (nSPS) is 19.4. The number of piperidine rings is 2. The van der Waals surface area contributed by atoms with Crippen LogP contribution in [0, 0.1) is 17.2 Å². The van der Waals surface area contributed by atoms with Gasteiger partial charge in [-0.3, -0.25) is 9.69 Å². The van der Waals surface area contributed by atoms with E-state index in [0.717, 1.165) is 67.3 Å². The van der Waals surface area contributed by atoms with Gasteiger partial charge in [-0.05, 0) is 67.3 Å². The molecule has 8 nitrogen and oxygen atoms in total. The van der Waals surface area contributed by atoms with Gasteiger partial charge in [-0.25, -0.2) is 0 Å². The van der Waals surface area contributed by atoms with Crippen molar-refractivity contribution >= 4 is 34.0 Å². The number of ether oxygens (including phenoxy) is 3. The van der Waals surface area contributed by atoms with E-state index >= 15 is 0 Å². The number of esters is 1. The van der Waals surface area contributed by atoms with E-state index in [-0.39, 0.29) is 24.6 Å². The van der Waals surface area contributed by atoms with Crippen LogP contribution in [0.2, 0.25) is 0 Å². The molecular weight excluding hydrogens is 490 g/mol. The smallest absolute Gasteiger partial charge is 0.320 e. The van der Waals surface area contributed by atoms with Gasteiger partial charge in [0.05, 0.1) is 37.4 Å². The van der Waals surface area contributed by atoms with Crippen LogP contribution in [0.25, 0.3) is 11.6 Å². The van der Waals surface area contributed by atoms with E-state index in [1.54, 1.807) is 31.6 Å². The SMILES string of the molecule is COc1ccc(C(C#N)=Cc2ccc(N3CCC(OC(=O)CN4CCCC(CO)C4)CC3)s2)cc1OC. The maximum Gasteiger partial charge on any atom is 0.320 e. The van der Waals surface area contributed by atoms with Crippen LogP contribution in [0.4, 0.5) is 5.00 Å². The lowest BCUT2D eigenvalue weighted by Gasteiger charge is -2.34. The van der Waals surface area contributed by atoms with Gasteiger partial charge in [-0.15, -0.1) is 11.3 Å². The zero-order valence-corrected chi connectivity index (χ0v) is 22.3. The van der Waals surface area contributed by atoms with Crippen LogP contribution in [0.3, 0.4) is 0 Å². The highest BCUT2D eigenvalue weighted by molar-refractivity contribution is 7.17. The first-order valence-electron chi connectivity index (χ1n) is 12.7. The molecule has 2 fully saturated rings. The molecule has 1 N–H and O–H groups in total. The fourth-order valence-corrected chi connectivity index (χ4v) is 5.96. The number of carbonyl (C=O) groups is 1. The van der Waals surface area contributed by atoms with E-state index in [0.29, 0.717) is 23.6 Å². The summed E-state index contributed by atoms with van der Waals surface area (Å²) in [5.74, 6) is 1.30. The van der Waals surface area contributed by atoms with Crippen molar-refractivity contribution in [2.45, 2.75) is 31.8 Å². The quantitative estimate of drug-likeness (QED) is 0.387. The van der Waals surface area contributed by atoms with Gasteiger partial charge < -0.3 is 24.2 Å². The average molecular weight is 526 g/mol. The fraction of sp³-hybridized carbons (Fsp3) is 0.500. The fourth-order valence-electron chi connectivity index (χ4n) is 4.96. The molecule has 198 valence electrons. The summed E-state index contributed by atoms with van der Waals surface area (Å²) in [4.78, 5) is 17.9. The van der Waals surface area contributed by atoms with Gasteiger partial charge in [0, 0.05) is 44.0 Å². The lowest BCUT2D eigenvalue weighted by molar-refractivity contribution is -0.151. The number of nitrogens with zero attached hydrogens (tertiary/aromatic N) is 3. The number of nitriles is 1. The third kappa shape index (κ3) is 7.04. The highest BCUT2D eigenvalue weighted by Gasteiger charge is 2.26. The molecule has 1 aromatic heterocycles. The van der Waals surface area contributed by atoms with Gasteiger partial charge in [-0.1, -0.05) is 0 Å². The number of allylic oxidation sites excluding steroid dienone is 1. The predicted octanol–water partition coefficient (Wildman–Crippen LogP) is 4.05. The van der Waals surface area contributed by atoms with Crippen molar-refractivity contribution in [2.75, 3.05) is 58.5 Å². The molecule has 0 bridgehead atoms. The molecular formula is C28H35N3O5S. The van der Waals surface area contributed by atoms with Crippen molar-refractivity contribution in [1.29, 1.82) is 5.26 Å². The molecule has 1 atom stereocenters. The van der Waals surface area contributed by atoms with Crippen molar-refractivity contribution < 1.29 is 24.1 Å². The Morgan fingerprint density at radius 1 is 1.14 bits per heavy atom. The summed E-state index contributed by atoms with van der Waals surface area (Å²) in [6.07, 6.45) is 5.46. The third-order valence-corrected chi connectivity index (χ3v) is 8.07. The first-order chi connectivity index (χ1) is 18.0. The Hall–Kier alpha value is -3.06. The Balaban J connectivity index is 1.30. The summed E-state index contributed by atoms with van der Waals surface area (Å²) in [5.41, 5.74) is 1.33. The second kappa shape index (κ2) is 13.0. The molecule has 2 aliphatic heterocycles. The van der Waals surface area contributed by atoms with E-state index in [4.69, 9.17) is 14.2 Å². The topological polar surface area (TPSA) is 95.3 Å². The molecule has 9 heteroatoms. The number of hydrogen-bond donors (Lipinski definition) is 1. The molecule has 2 saturated heterocycles. The molecule has 0 saturated carbocycles. The lowest BCUT2D eigenvalue weighted by atomic mass is 9.99. The summed E-state index contributed by atoms with van der Waals surface area (Å²) in [7, 11) is 3.16. The third-order valence-electron chi connectivity index (χ3n) is 6.98. The summed E-state index contributed by atoms with van der Waals surface area (Å²) in [6.45, 7) is 3.77. The zero-order chi connectivity index (χ0) is 26.2. The van der Waals surface area contributed by atoms with E-state index in [1.165, 1.54) is 0 Å². The number of aliphatic hydroxyl groups excluding tert-OH is 1. The van der Waals surface area contributed by atoms with Crippen molar-refractivity contribution in [3.8, 4) is 17.6 Å². The summed E-state index contributed by atoms with van der Waals surface area (Å²) < 4.78 is 16.4. The Labute approximate surface area is 222 Å². The molecule has 2 aliphatic rings. The summed E-state index contributed by atoms with van der Waals surface area (Å²) >= 11 is 1.64. The molecule has 37 heavy (non-hydrogen) atoms. The second-order valence-corrected chi connectivity index (χ2v) is 10.6. The average Bonchev–Trinajstić information content (AvgIpc) is 3.40. The Bertz CT molecular complexity index is 1130. The van der Waals surface area contributed by atoms with Crippen LogP contribution in [0.1, 0.15) is 36.1 Å². The zero-order valence-electron chi connectivity index (χ0n) is 21.5. The number of rotatable bonds is 9. The van der Waals surface area contributed by atoms with Crippen LogP contribution < -0.4 is 14.4 Å². The van der Waals surface area contributed by atoms with Gasteiger partial charge in [0.25, 0.3) is 0 Å². The van der Waals surface area contributed by atoms with Crippen LogP contribution >= 0.6 is 11.3 Å². The number of hydrogen-bond acceptors (Lipinski definition) is 9. The number of aliphatic hydroxyl groups is 1. The van der Waals surface area contributed by atoms with Crippen molar-refractivity contribution in [1.82, 2.24) is 4.90 Å². The number of thiophene rings is 1. The minimum atomic E-state index is -0.167. The minimum absolute atomic E-state index is 0.0586. The van der Waals surface area contributed by atoms with Crippen molar-refractivity contribution in [3.05, 3.63) is 40.8 Å². The highest BCUT2D eigenvalue weighted by atomic mass is 32.1. The molecule has 0 spiro atoms. The van der Waals surface area contributed by atoms with E-state index in [9.17, 15) is 15.2 Å². The van der Waals surface area contributed by atoms with Gasteiger partial charge in [0.15, 0.2) is 11.5 Å².